The Morgan fingerprint density at radius 3 is 2.67 bits per heavy atom. The topological polar surface area (TPSA) is 89.9 Å². The third-order valence-corrected chi connectivity index (χ3v) is 4.57. The number of aliphatic hydroxyl groups excluding tert-OH is 1. The average Bonchev–Trinajstić information content (AvgIpc) is 3.09. The maximum atomic E-state index is 11.9. The van der Waals surface area contributed by atoms with Crippen LogP contribution in [0.5, 0.6) is 0 Å². The van der Waals surface area contributed by atoms with E-state index in [1.54, 1.807) is 0 Å². The maximum absolute atomic E-state index is 11.9. The molecule has 128 valence electrons. The molecule has 7 heteroatoms. The van der Waals surface area contributed by atoms with Crippen molar-refractivity contribution in [1.29, 1.82) is 0 Å². The number of nitrogens with one attached hydrogen (secondary N) is 1. The quantitative estimate of drug-likeness (QED) is 0.740. The highest BCUT2D eigenvalue weighted by atomic mass is 16.3. The standard InChI is InChI=1S/C17H21N3O4/c1-19-7-6-11-8-12(2-3-13(11)19)14(21)9-18-15(22)10-20-16(23)4-5-17(20)24/h2-3,8,14,21H,4-7,9-10H2,1H3,(H,18,22). The van der Waals surface area contributed by atoms with Crippen LogP contribution in [0.15, 0.2) is 18.2 Å². The molecule has 0 aromatic heterocycles. The maximum Gasteiger partial charge on any atom is 0.240 e. The van der Waals surface area contributed by atoms with Gasteiger partial charge in [-0.05, 0) is 23.6 Å². The van der Waals surface area contributed by atoms with Crippen molar-refractivity contribution < 1.29 is 19.5 Å². The van der Waals surface area contributed by atoms with Crippen LogP contribution in [-0.2, 0) is 20.8 Å². The molecule has 2 aliphatic heterocycles. The number of imide groups is 1. The number of benzene rings is 1. The lowest BCUT2D eigenvalue weighted by Gasteiger charge is -2.17. The molecular formula is C17H21N3O4. The highest BCUT2D eigenvalue weighted by molar-refractivity contribution is 6.04. The van der Waals surface area contributed by atoms with Gasteiger partial charge in [0.2, 0.25) is 17.7 Å². The molecule has 0 spiro atoms. The fourth-order valence-electron chi connectivity index (χ4n) is 3.12. The molecule has 24 heavy (non-hydrogen) atoms. The summed E-state index contributed by atoms with van der Waals surface area (Å²) < 4.78 is 0. The number of fused-ring (bicyclic) bond motifs is 1. The third kappa shape index (κ3) is 3.26. The van der Waals surface area contributed by atoms with Gasteiger partial charge >= 0.3 is 0 Å². The molecule has 1 saturated heterocycles. The van der Waals surface area contributed by atoms with Crippen LogP contribution in [0.25, 0.3) is 0 Å². The van der Waals surface area contributed by atoms with Crippen LogP contribution >= 0.6 is 0 Å². The predicted molar refractivity (Wildman–Crippen MR) is 87.3 cm³/mol. The number of hydrogen-bond donors (Lipinski definition) is 2. The van der Waals surface area contributed by atoms with E-state index in [4.69, 9.17) is 0 Å². The molecule has 1 aromatic rings. The van der Waals surface area contributed by atoms with Gasteiger partial charge in [-0.2, -0.15) is 0 Å². The summed E-state index contributed by atoms with van der Waals surface area (Å²) in [7, 11) is 2.03. The van der Waals surface area contributed by atoms with Gasteiger partial charge in [0.05, 0.1) is 6.10 Å². The van der Waals surface area contributed by atoms with Crippen molar-refractivity contribution in [3.8, 4) is 0 Å². The van der Waals surface area contributed by atoms with E-state index in [1.807, 2.05) is 25.2 Å². The number of nitrogens with zero attached hydrogens (tertiary/aromatic N) is 2. The van der Waals surface area contributed by atoms with Crippen molar-refractivity contribution in [3.63, 3.8) is 0 Å². The number of likely N-dealkylation sites (N-methyl/N-ethyl adjacent to an activating group) is 1. The number of anilines is 1. The van der Waals surface area contributed by atoms with E-state index in [0.717, 1.165) is 23.4 Å². The van der Waals surface area contributed by atoms with Crippen LogP contribution in [0.1, 0.15) is 30.1 Å². The fraction of sp³-hybridized carbons (Fsp3) is 0.471. The minimum Gasteiger partial charge on any atom is -0.387 e. The normalized spacial score (nSPS) is 18.1. The number of amides is 3. The van der Waals surface area contributed by atoms with Crippen molar-refractivity contribution in [2.45, 2.75) is 25.4 Å². The summed E-state index contributed by atoms with van der Waals surface area (Å²) in [6.07, 6.45) is 0.448. The summed E-state index contributed by atoms with van der Waals surface area (Å²) in [5.74, 6) is -1.09. The predicted octanol–water partition coefficient (Wildman–Crippen LogP) is -0.0225. The molecule has 1 fully saturated rings. The van der Waals surface area contributed by atoms with Crippen molar-refractivity contribution in [3.05, 3.63) is 29.3 Å². The van der Waals surface area contributed by atoms with Gasteiger partial charge in [0.25, 0.3) is 0 Å². The van der Waals surface area contributed by atoms with E-state index < -0.39 is 12.0 Å². The zero-order valence-corrected chi connectivity index (χ0v) is 13.6. The lowest BCUT2D eigenvalue weighted by Crippen LogP contribution is -2.41. The summed E-state index contributed by atoms with van der Waals surface area (Å²) in [4.78, 5) is 38.0. The molecule has 0 radical (unpaired) electrons. The van der Waals surface area contributed by atoms with Crippen LogP contribution in [0.4, 0.5) is 5.69 Å². The summed E-state index contributed by atoms with van der Waals surface area (Å²) in [5.41, 5.74) is 3.10. The Bertz CT molecular complexity index is 672. The molecule has 0 saturated carbocycles. The second kappa shape index (κ2) is 6.60. The molecule has 2 heterocycles. The number of carbonyl (C=O) groups excluding carboxylic acids is 3. The molecular weight excluding hydrogens is 310 g/mol. The zero-order chi connectivity index (χ0) is 17.3. The molecule has 2 aliphatic rings. The van der Waals surface area contributed by atoms with Crippen molar-refractivity contribution in [2.75, 3.05) is 31.6 Å². The molecule has 7 nitrogen and oxygen atoms in total. The van der Waals surface area contributed by atoms with Gasteiger partial charge in [0, 0.05) is 38.7 Å². The Morgan fingerprint density at radius 1 is 1.25 bits per heavy atom. The lowest BCUT2D eigenvalue weighted by atomic mass is 10.0. The average molecular weight is 331 g/mol. The number of aliphatic hydroxyl groups is 1. The molecule has 1 unspecified atom stereocenters. The Labute approximate surface area is 140 Å². The molecule has 3 rings (SSSR count). The summed E-state index contributed by atoms with van der Waals surface area (Å²) >= 11 is 0. The molecule has 2 N–H and O–H groups in total. The first-order chi connectivity index (χ1) is 11.5. The second-order valence-corrected chi connectivity index (χ2v) is 6.25. The lowest BCUT2D eigenvalue weighted by molar-refractivity contribution is -0.142. The Hall–Kier alpha value is -2.41. The Morgan fingerprint density at radius 2 is 1.96 bits per heavy atom. The summed E-state index contributed by atoms with van der Waals surface area (Å²) in [6, 6.07) is 5.79. The van der Waals surface area contributed by atoms with Crippen molar-refractivity contribution >= 4 is 23.4 Å². The van der Waals surface area contributed by atoms with Crippen molar-refractivity contribution in [1.82, 2.24) is 10.2 Å². The van der Waals surface area contributed by atoms with Gasteiger partial charge in [0.1, 0.15) is 6.54 Å². The first-order valence-corrected chi connectivity index (χ1v) is 8.07. The summed E-state index contributed by atoms with van der Waals surface area (Å²) in [6.45, 7) is 0.729. The van der Waals surface area contributed by atoms with Gasteiger partial charge in [-0.1, -0.05) is 12.1 Å². The van der Waals surface area contributed by atoms with Crippen LogP contribution in [-0.4, -0.2) is 54.4 Å². The highest BCUT2D eigenvalue weighted by Crippen LogP contribution is 2.29. The molecule has 0 aliphatic carbocycles. The third-order valence-electron chi connectivity index (χ3n) is 4.57. The number of carbonyl (C=O) groups is 3. The van der Waals surface area contributed by atoms with Crippen LogP contribution < -0.4 is 10.2 Å². The van der Waals surface area contributed by atoms with E-state index in [9.17, 15) is 19.5 Å². The van der Waals surface area contributed by atoms with Crippen molar-refractivity contribution in [2.24, 2.45) is 0 Å². The zero-order valence-electron chi connectivity index (χ0n) is 13.6. The van der Waals surface area contributed by atoms with E-state index >= 15 is 0 Å². The number of hydrogen-bond acceptors (Lipinski definition) is 5. The van der Waals surface area contributed by atoms with E-state index in [1.165, 1.54) is 11.3 Å². The largest absolute Gasteiger partial charge is 0.387 e. The Kier molecular flexibility index (Phi) is 4.53. The SMILES string of the molecule is CN1CCc2cc(C(O)CNC(=O)CN3C(=O)CCC3=O)ccc21. The Balaban J connectivity index is 1.54. The van der Waals surface area contributed by atoms with E-state index in [2.05, 4.69) is 10.2 Å². The first-order valence-electron chi connectivity index (χ1n) is 8.07. The van der Waals surface area contributed by atoms with E-state index in [0.29, 0.717) is 0 Å². The first kappa shape index (κ1) is 16.4. The van der Waals surface area contributed by atoms with Gasteiger partial charge in [-0.15, -0.1) is 0 Å². The fourth-order valence-corrected chi connectivity index (χ4v) is 3.12. The van der Waals surface area contributed by atoms with Gasteiger partial charge in [-0.25, -0.2) is 0 Å². The molecule has 3 amide bonds. The van der Waals surface area contributed by atoms with Crippen LogP contribution in [0.3, 0.4) is 0 Å². The smallest absolute Gasteiger partial charge is 0.240 e. The highest BCUT2D eigenvalue weighted by Gasteiger charge is 2.30. The minimum atomic E-state index is -0.824. The molecule has 1 atom stereocenters. The van der Waals surface area contributed by atoms with Gasteiger partial charge in [0.15, 0.2) is 0 Å². The number of likely N-dealkylation sites (tertiary alicyclic amines) is 1. The molecule has 1 aromatic carbocycles. The molecule has 0 bridgehead atoms. The van der Waals surface area contributed by atoms with Gasteiger partial charge < -0.3 is 15.3 Å². The minimum absolute atomic E-state index is 0.0453. The monoisotopic (exact) mass is 331 g/mol. The number of rotatable bonds is 5. The van der Waals surface area contributed by atoms with E-state index in [-0.39, 0.29) is 37.7 Å². The second-order valence-electron chi connectivity index (χ2n) is 6.25. The van der Waals surface area contributed by atoms with Crippen LogP contribution in [0.2, 0.25) is 0 Å². The summed E-state index contributed by atoms with van der Waals surface area (Å²) in [5, 5.41) is 12.8. The van der Waals surface area contributed by atoms with Gasteiger partial charge in [-0.3, -0.25) is 19.3 Å². The van der Waals surface area contributed by atoms with Crippen LogP contribution in [0, 0.1) is 0 Å².